The average molecular weight is 280 g/mol. The first-order valence-corrected chi connectivity index (χ1v) is 6.89. The number of halogens is 1. The summed E-state index contributed by atoms with van der Waals surface area (Å²) in [5, 5.41) is 3.70. The lowest BCUT2D eigenvalue weighted by molar-refractivity contribution is 0.659. The molecule has 0 unspecified atom stereocenters. The number of nitrogens with zero attached hydrogens (tertiary/aromatic N) is 4. The van der Waals surface area contributed by atoms with Gasteiger partial charge < -0.3 is 9.88 Å². The fraction of sp³-hybridized carbons (Fsp3) is 0.462. The van der Waals surface area contributed by atoms with Gasteiger partial charge in [-0.15, -0.1) is 0 Å². The van der Waals surface area contributed by atoms with E-state index in [1.54, 1.807) is 6.20 Å². The van der Waals surface area contributed by atoms with Crippen molar-refractivity contribution in [3.63, 3.8) is 0 Å². The van der Waals surface area contributed by atoms with Crippen LogP contribution in [0.3, 0.4) is 0 Å². The Bertz CT molecular complexity index is 498. The third kappa shape index (κ3) is 4.52. The molecule has 0 aliphatic rings. The summed E-state index contributed by atoms with van der Waals surface area (Å²) in [5.41, 5.74) is 0.986. The molecule has 0 fully saturated rings. The van der Waals surface area contributed by atoms with Crippen LogP contribution in [0.2, 0.25) is 5.15 Å². The van der Waals surface area contributed by atoms with Crippen molar-refractivity contribution < 1.29 is 0 Å². The quantitative estimate of drug-likeness (QED) is 0.625. The second kappa shape index (κ2) is 7.09. The smallest absolute Gasteiger partial charge is 0.224 e. The summed E-state index contributed by atoms with van der Waals surface area (Å²) in [6, 6.07) is 1.82. The van der Waals surface area contributed by atoms with Gasteiger partial charge in [-0.1, -0.05) is 24.9 Å². The lowest BCUT2D eigenvalue weighted by atomic mass is 10.2. The van der Waals surface area contributed by atoms with Crippen molar-refractivity contribution >= 4 is 17.5 Å². The molecule has 102 valence electrons. The van der Waals surface area contributed by atoms with Crippen molar-refractivity contribution in [3.05, 3.63) is 35.6 Å². The van der Waals surface area contributed by atoms with Crippen molar-refractivity contribution in [2.24, 2.45) is 0 Å². The van der Waals surface area contributed by atoms with Crippen molar-refractivity contribution in [2.75, 3.05) is 11.9 Å². The number of imidazole rings is 1. The summed E-state index contributed by atoms with van der Waals surface area (Å²) in [7, 11) is 0. The maximum absolute atomic E-state index is 5.98. The fourth-order valence-electron chi connectivity index (χ4n) is 1.81. The highest BCUT2D eigenvalue weighted by Crippen LogP contribution is 2.11. The minimum Gasteiger partial charge on any atom is -0.354 e. The van der Waals surface area contributed by atoms with Crippen LogP contribution in [-0.4, -0.2) is 26.1 Å². The molecule has 6 heteroatoms. The van der Waals surface area contributed by atoms with E-state index < -0.39 is 0 Å². The minimum absolute atomic E-state index is 0.496. The predicted molar refractivity (Wildman–Crippen MR) is 76.4 cm³/mol. The monoisotopic (exact) mass is 279 g/mol. The second-order valence-corrected chi connectivity index (χ2v) is 4.72. The molecule has 0 saturated heterocycles. The first-order valence-electron chi connectivity index (χ1n) is 6.51. The zero-order chi connectivity index (χ0) is 13.5. The first kappa shape index (κ1) is 13.8. The van der Waals surface area contributed by atoms with Crippen LogP contribution in [0.1, 0.15) is 25.5 Å². The Morgan fingerprint density at radius 1 is 1.37 bits per heavy atom. The molecule has 1 N–H and O–H groups in total. The summed E-state index contributed by atoms with van der Waals surface area (Å²) in [6.45, 7) is 3.85. The van der Waals surface area contributed by atoms with Gasteiger partial charge in [0.05, 0.1) is 6.33 Å². The van der Waals surface area contributed by atoms with Crippen LogP contribution < -0.4 is 5.32 Å². The minimum atomic E-state index is 0.496. The van der Waals surface area contributed by atoms with E-state index in [9.17, 15) is 0 Å². The highest BCUT2D eigenvalue weighted by molar-refractivity contribution is 6.29. The van der Waals surface area contributed by atoms with Crippen LogP contribution >= 0.6 is 11.6 Å². The third-order valence-electron chi connectivity index (χ3n) is 2.69. The van der Waals surface area contributed by atoms with Crippen LogP contribution in [-0.2, 0) is 13.0 Å². The van der Waals surface area contributed by atoms with Crippen LogP contribution in [0.5, 0.6) is 0 Å². The highest BCUT2D eigenvalue weighted by atomic mass is 35.5. The largest absolute Gasteiger partial charge is 0.354 e. The summed E-state index contributed by atoms with van der Waals surface area (Å²) in [4.78, 5) is 12.6. The third-order valence-corrected chi connectivity index (χ3v) is 2.88. The molecular formula is C13H18ClN5. The molecule has 0 aliphatic carbocycles. The summed E-state index contributed by atoms with van der Waals surface area (Å²) in [5.74, 6) is 0.613. The summed E-state index contributed by atoms with van der Waals surface area (Å²) in [6.07, 6.45) is 8.50. The van der Waals surface area contributed by atoms with E-state index in [4.69, 9.17) is 11.6 Å². The Balaban J connectivity index is 1.81. The topological polar surface area (TPSA) is 55.6 Å². The molecule has 0 atom stereocenters. The molecule has 0 spiro atoms. The maximum atomic E-state index is 5.98. The molecule has 0 radical (unpaired) electrons. The number of anilines is 1. The average Bonchev–Trinajstić information content (AvgIpc) is 2.87. The van der Waals surface area contributed by atoms with E-state index in [0.717, 1.165) is 38.0 Å². The molecule has 2 heterocycles. The summed E-state index contributed by atoms with van der Waals surface area (Å²) < 4.78 is 2.04. The standard InChI is InChI=1S/C13H18ClN5/c1-2-4-11-9-12(14)18-13(17-11)16-5-3-7-19-8-6-15-10-19/h6,8-10H,2-5,7H2,1H3,(H,16,17,18). The molecule has 2 rings (SSSR count). The van der Waals surface area contributed by atoms with E-state index in [1.807, 2.05) is 23.2 Å². The molecule has 2 aromatic rings. The SMILES string of the molecule is CCCc1cc(Cl)nc(NCCCn2ccnc2)n1. The van der Waals surface area contributed by atoms with Gasteiger partial charge in [-0.2, -0.15) is 0 Å². The van der Waals surface area contributed by atoms with Crippen LogP contribution in [0.15, 0.2) is 24.8 Å². The molecule has 0 aliphatic heterocycles. The Morgan fingerprint density at radius 3 is 3.00 bits per heavy atom. The van der Waals surface area contributed by atoms with Gasteiger partial charge >= 0.3 is 0 Å². The van der Waals surface area contributed by atoms with E-state index >= 15 is 0 Å². The zero-order valence-electron chi connectivity index (χ0n) is 11.0. The van der Waals surface area contributed by atoms with Crippen molar-refractivity contribution in [1.82, 2.24) is 19.5 Å². The number of rotatable bonds is 7. The molecule has 0 amide bonds. The molecule has 0 saturated carbocycles. The Kier molecular flexibility index (Phi) is 5.15. The lowest BCUT2D eigenvalue weighted by Gasteiger charge is -2.07. The maximum Gasteiger partial charge on any atom is 0.224 e. The highest BCUT2D eigenvalue weighted by Gasteiger charge is 2.02. The van der Waals surface area contributed by atoms with E-state index in [1.165, 1.54) is 0 Å². The number of hydrogen-bond acceptors (Lipinski definition) is 4. The van der Waals surface area contributed by atoms with Gasteiger partial charge in [0.15, 0.2) is 0 Å². The molecule has 19 heavy (non-hydrogen) atoms. The van der Waals surface area contributed by atoms with Crippen LogP contribution in [0, 0.1) is 0 Å². The Labute approximate surface area is 118 Å². The van der Waals surface area contributed by atoms with Gasteiger partial charge in [0, 0.05) is 31.2 Å². The molecule has 0 bridgehead atoms. The molecule has 2 aromatic heterocycles. The first-order chi connectivity index (χ1) is 9.28. The summed E-state index contributed by atoms with van der Waals surface area (Å²) >= 11 is 5.98. The number of nitrogens with one attached hydrogen (secondary N) is 1. The van der Waals surface area contributed by atoms with Gasteiger partial charge in [0.1, 0.15) is 5.15 Å². The second-order valence-electron chi connectivity index (χ2n) is 4.34. The zero-order valence-corrected chi connectivity index (χ0v) is 11.8. The van der Waals surface area contributed by atoms with Crippen molar-refractivity contribution in [3.8, 4) is 0 Å². The Hall–Kier alpha value is -1.62. The molecule has 0 aromatic carbocycles. The van der Waals surface area contributed by atoms with E-state index in [0.29, 0.717) is 11.1 Å². The number of aromatic nitrogens is 4. The van der Waals surface area contributed by atoms with Crippen LogP contribution in [0.25, 0.3) is 0 Å². The number of hydrogen-bond donors (Lipinski definition) is 1. The van der Waals surface area contributed by atoms with Crippen molar-refractivity contribution in [1.29, 1.82) is 0 Å². The van der Waals surface area contributed by atoms with Gasteiger partial charge in [-0.05, 0) is 18.9 Å². The van der Waals surface area contributed by atoms with Gasteiger partial charge in [-0.25, -0.2) is 15.0 Å². The van der Waals surface area contributed by atoms with Gasteiger partial charge in [-0.3, -0.25) is 0 Å². The number of aryl methyl sites for hydroxylation is 2. The van der Waals surface area contributed by atoms with Gasteiger partial charge in [0.25, 0.3) is 0 Å². The normalized spacial score (nSPS) is 10.6. The molecular weight excluding hydrogens is 262 g/mol. The van der Waals surface area contributed by atoms with Crippen LogP contribution in [0.4, 0.5) is 5.95 Å². The van der Waals surface area contributed by atoms with E-state index in [2.05, 4.69) is 27.2 Å². The Morgan fingerprint density at radius 2 is 2.26 bits per heavy atom. The van der Waals surface area contributed by atoms with Crippen molar-refractivity contribution in [2.45, 2.75) is 32.7 Å². The van der Waals surface area contributed by atoms with Gasteiger partial charge in [0.2, 0.25) is 5.95 Å². The predicted octanol–water partition coefficient (Wildman–Crippen LogP) is 2.78. The van der Waals surface area contributed by atoms with E-state index in [-0.39, 0.29) is 0 Å². The fourth-order valence-corrected chi connectivity index (χ4v) is 2.01. The molecule has 5 nitrogen and oxygen atoms in total. The lowest BCUT2D eigenvalue weighted by Crippen LogP contribution is -2.09.